The summed E-state index contributed by atoms with van der Waals surface area (Å²) in [6.07, 6.45) is 3.73. The lowest BCUT2D eigenvalue weighted by Gasteiger charge is -2.15. The first-order chi connectivity index (χ1) is 7.15. The number of hydrogen-bond acceptors (Lipinski definition) is 2. The van der Waals surface area contributed by atoms with Crippen LogP contribution < -0.4 is 4.90 Å². The number of benzene rings is 1. The second-order valence-electron chi connectivity index (χ2n) is 3.73. The fourth-order valence-corrected chi connectivity index (χ4v) is 1.32. The van der Waals surface area contributed by atoms with E-state index in [4.69, 9.17) is 4.74 Å². The molecule has 0 N–H and O–H groups in total. The summed E-state index contributed by atoms with van der Waals surface area (Å²) in [6.45, 7) is 3.99. The van der Waals surface area contributed by atoms with Crippen molar-refractivity contribution in [1.82, 2.24) is 0 Å². The van der Waals surface area contributed by atoms with Gasteiger partial charge in [-0.25, -0.2) is 0 Å². The highest BCUT2D eigenvalue weighted by Crippen LogP contribution is 2.20. The van der Waals surface area contributed by atoms with E-state index in [0.29, 0.717) is 0 Å². The van der Waals surface area contributed by atoms with Crippen LogP contribution in [0.1, 0.15) is 25.5 Å². The molecule has 1 unspecified atom stereocenters. The minimum atomic E-state index is 0.109. The molecule has 1 aromatic carbocycles. The molecule has 0 bridgehead atoms. The zero-order valence-electron chi connectivity index (χ0n) is 9.90. The lowest BCUT2D eigenvalue weighted by atomic mass is 10.1. The molecule has 0 aliphatic carbocycles. The number of anilines is 1. The van der Waals surface area contributed by atoms with Gasteiger partial charge < -0.3 is 9.64 Å². The summed E-state index contributed by atoms with van der Waals surface area (Å²) in [5.41, 5.74) is 2.40. The van der Waals surface area contributed by atoms with Crippen LogP contribution in [0.2, 0.25) is 0 Å². The first kappa shape index (κ1) is 11.6. The zero-order valence-corrected chi connectivity index (χ0v) is 9.90. The Hall–Kier alpha value is -1.44. The quantitative estimate of drug-likeness (QED) is 0.699. The molecule has 0 radical (unpaired) electrons. The van der Waals surface area contributed by atoms with E-state index in [2.05, 4.69) is 29.2 Å². The Morgan fingerprint density at radius 3 is 2.27 bits per heavy atom. The van der Waals surface area contributed by atoms with Crippen molar-refractivity contribution in [1.29, 1.82) is 0 Å². The first-order valence-corrected chi connectivity index (χ1v) is 5.19. The van der Waals surface area contributed by atoms with Crippen LogP contribution >= 0.6 is 0 Å². The Bertz CT molecular complexity index is 314. The predicted molar refractivity (Wildman–Crippen MR) is 65.1 cm³/mol. The lowest BCUT2D eigenvalue weighted by molar-refractivity contribution is 0.164. The molecule has 0 saturated heterocycles. The van der Waals surface area contributed by atoms with E-state index in [1.807, 2.05) is 34.0 Å². The van der Waals surface area contributed by atoms with Crippen molar-refractivity contribution >= 4 is 5.69 Å². The Morgan fingerprint density at radius 1 is 1.20 bits per heavy atom. The summed E-state index contributed by atoms with van der Waals surface area (Å²) in [7, 11) is 4.07. The van der Waals surface area contributed by atoms with Gasteiger partial charge in [-0.3, -0.25) is 0 Å². The van der Waals surface area contributed by atoms with E-state index < -0.39 is 0 Å². The van der Waals surface area contributed by atoms with Gasteiger partial charge in [0.25, 0.3) is 0 Å². The second-order valence-corrected chi connectivity index (χ2v) is 3.73. The largest absolute Gasteiger partial charge is 0.494 e. The molecule has 0 amide bonds. The molecular weight excluding hydrogens is 186 g/mol. The SMILES string of the molecule is C/C=C\OC(C)c1ccc(N(C)C)cc1. The summed E-state index contributed by atoms with van der Waals surface area (Å²) >= 11 is 0. The highest BCUT2D eigenvalue weighted by Gasteiger charge is 2.04. The number of ether oxygens (including phenoxy) is 1. The molecule has 0 aliphatic rings. The number of nitrogens with zero attached hydrogens (tertiary/aromatic N) is 1. The van der Waals surface area contributed by atoms with Gasteiger partial charge >= 0.3 is 0 Å². The Balaban J connectivity index is 2.70. The van der Waals surface area contributed by atoms with Crippen molar-refractivity contribution in [2.45, 2.75) is 20.0 Å². The van der Waals surface area contributed by atoms with Gasteiger partial charge in [0.15, 0.2) is 0 Å². The molecule has 82 valence electrons. The molecule has 0 fully saturated rings. The van der Waals surface area contributed by atoms with Crippen molar-refractivity contribution in [3.05, 3.63) is 42.2 Å². The molecular formula is C13H19NO. The average Bonchev–Trinajstić information content (AvgIpc) is 2.26. The van der Waals surface area contributed by atoms with Crippen LogP contribution in [0.25, 0.3) is 0 Å². The monoisotopic (exact) mass is 205 g/mol. The van der Waals surface area contributed by atoms with E-state index >= 15 is 0 Å². The van der Waals surface area contributed by atoms with Crippen molar-refractivity contribution < 1.29 is 4.74 Å². The number of rotatable bonds is 4. The third kappa shape index (κ3) is 3.31. The molecule has 2 nitrogen and oxygen atoms in total. The Morgan fingerprint density at radius 2 is 1.80 bits per heavy atom. The van der Waals surface area contributed by atoms with E-state index in [1.165, 1.54) is 11.3 Å². The van der Waals surface area contributed by atoms with Gasteiger partial charge in [0, 0.05) is 19.8 Å². The molecule has 0 heterocycles. The van der Waals surface area contributed by atoms with Gasteiger partial charge in [-0.2, -0.15) is 0 Å². The van der Waals surface area contributed by atoms with Crippen molar-refractivity contribution in [3.8, 4) is 0 Å². The van der Waals surface area contributed by atoms with Gasteiger partial charge in [0.1, 0.15) is 6.10 Å². The Labute approximate surface area is 92.2 Å². The standard InChI is InChI=1S/C13H19NO/c1-5-10-15-11(2)12-6-8-13(9-7-12)14(3)4/h5-11H,1-4H3/b10-5-. The van der Waals surface area contributed by atoms with Crippen molar-refractivity contribution in [2.75, 3.05) is 19.0 Å². The van der Waals surface area contributed by atoms with Gasteiger partial charge in [0.2, 0.25) is 0 Å². The van der Waals surface area contributed by atoms with Gasteiger partial charge in [-0.05, 0) is 31.5 Å². The minimum absolute atomic E-state index is 0.109. The van der Waals surface area contributed by atoms with Gasteiger partial charge in [0.05, 0.1) is 6.26 Å². The molecule has 1 atom stereocenters. The minimum Gasteiger partial charge on any atom is -0.494 e. The topological polar surface area (TPSA) is 12.5 Å². The molecule has 0 spiro atoms. The fourth-order valence-electron chi connectivity index (χ4n) is 1.32. The summed E-state index contributed by atoms with van der Waals surface area (Å²) < 4.78 is 5.48. The zero-order chi connectivity index (χ0) is 11.3. The number of allylic oxidation sites excluding steroid dienone is 1. The fraction of sp³-hybridized carbons (Fsp3) is 0.385. The normalized spacial score (nSPS) is 12.8. The van der Waals surface area contributed by atoms with Gasteiger partial charge in [-0.1, -0.05) is 18.2 Å². The molecule has 15 heavy (non-hydrogen) atoms. The lowest BCUT2D eigenvalue weighted by Crippen LogP contribution is -2.08. The van der Waals surface area contributed by atoms with Crippen LogP contribution in [-0.4, -0.2) is 14.1 Å². The third-order valence-corrected chi connectivity index (χ3v) is 2.30. The first-order valence-electron chi connectivity index (χ1n) is 5.19. The second kappa shape index (κ2) is 5.44. The molecule has 0 aliphatic heterocycles. The molecule has 2 heteroatoms. The Kier molecular flexibility index (Phi) is 4.22. The summed E-state index contributed by atoms with van der Waals surface area (Å²) in [6, 6.07) is 8.41. The average molecular weight is 205 g/mol. The maximum absolute atomic E-state index is 5.48. The van der Waals surface area contributed by atoms with E-state index in [9.17, 15) is 0 Å². The van der Waals surface area contributed by atoms with Crippen LogP contribution in [0.3, 0.4) is 0 Å². The molecule has 0 saturated carbocycles. The van der Waals surface area contributed by atoms with E-state index in [0.717, 1.165) is 0 Å². The van der Waals surface area contributed by atoms with Crippen molar-refractivity contribution in [2.24, 2.45) is 0 Å². The van der Waals surface area contributed by atoms with Crippen LogP contribution in [0.4, 0.5) is 5.69 Å². The van der Waals surface area contributed by atoms with Crippen LogP contribution in [0.5, 0.6) is 0 Å². The van der Waals surface area contributed by atoms with Crippen LogP contribution in [-0.2, 0) is 4.74 Å². The highest BCUT2D eigenvalue weighted by molar-refractivity contribution is 5.46. The van der Waals surface area contributed by atoms with E-state index in [1.54, 1.807) is 6.26 Å². The van der Waals surface area contributed by atoms with Crippen LogP contribution in [0.15, 0.2) is 36.6 Å². The van der Waals surface area contributed by atoms with Crippen molar-refractivity contribution in [3.63, 3.8) is 0 Å². The summed E-state index contributed by atoms with van der Waals surface area (Å²) in [5.74, 6) is 0. The summed E-state index contributed by atoms with van der Waals surface area (Å²) in [5, 5.41) is 0. The maximum atomic E-state index is 5.48. The summed E-state index contributed by atoms with van der Waals surface area (Å²) in [4.78, 5) is 2.08. The van der Waals surface area contributed by atoms with Crippen LogP contribution in [0, 0.1) is 0 Å². The predicted octanol–water partition coefficient (Wildman–Crippen LogP) is 3.36. The van der Waals surface area contributed by atoms with E-state index in [-0.39, 0.29) is 6.10 Å². The molecule has 1 aromatic rings. The van der Waals surface area contributed by atoms with Gasteiger partial charge in [-0.15, -0.1) is 0 Å². The molecule has 0 aromatic heterocycles. The number of hydrogen-bond donors (Lipinski definition) is 0. The third-order valence-electron chi connectivity index (χ3n) is 2.30. The maximum Gasteiger partial charge on any atom is 0.120 e. The molecule has 1 rings (SSSR count). The smallest absolute Gasteiger partial charge is 0.120 e. The highest BCUT2D eigenvalue weighted by atomic mass is 16.5.